The van der Waals surface area contributed by atoms with Crippen molar-refractivity contribution in [3.63, 3.8) is 0 Å². The minimum atomic E-state index is -3.86. The number of methoxy groups -OCH3 is 1. The minimum absolute atomic E-state index is 0.172. The molecule has 0 heterocycles. The SMILES string of the molecule is COc1cccc(N(CC(=O)N(Cc2ccccc2F)C(C)C(=O)NC(C)C)S(C)(=O)=O)c1. The van der Waals surface area contributed by atoms with Gasteiger partial charge in [-0.05, 0) is 39.0 Å². The normalized spacial score (nSPS) is 12.2. The number of ether oxygens (including phenoxy) is 1. The Balaban J connectivity index is 2.42. The van der Waals surface area contributed by atoms with Crippen molar-refractivity contribution < 1.29 is 27.1 Å². The lowest BCUT2D eigenvalue weighted by Gasteiger charge is -2.32. The van der Waals surface area contributed by atoms with Crippen LogP contribution in [0.1, 0.15) is 26.3 Å². The molecule has 180 valence electrons. The van der Waals surface area contributed by atoms with Crippen molar-refractivity contribution in [2.24, 2.45) is 0 Å². The molecule has 0 aromatic heterocycles. The number of nitrogens with one attached hydrogen (secondary N) is 1. The highest BCUT2D eigenvalue weighted by Gasteiger charge is 2.30. The maximum atomic E-state index is 14.3. The first-order valence-electron chi connectivity index (χ1n) is 10.4. The molecule has 1 atom stereocenters. The van der Waals surface area contributed by atoms with E-state index in [0.717, 1.165) is 10.6 Å². The van der Waals surface area contributed by atoms with E-state index in [1.165, 1.54) is 49.3 Å². The average molecular weight is 480 g/mol. The molecule has 0 radical (unpaired) electrons. The molecule has 0 aliphatic rings. The van der Waals surface area contributed by atoms with Crippen LogP contribution in [0.2, 0.25) is 0 Å². The summed E-state index contributed by atoms with van der Waals surface area (Å²) < 4.78 is 45.5. The van der Waals surface area contributed by atoms with Crippen molar-refractivity contribution in [2.45, 2.75) is 39.4 Å². The van der Waals surface area contributed by atoms with Gasteiger partial charge in [0, 0.05) is 24.2 Å². The maximum absolute atomic E-state index is 14.3. The Morgan fingerprint density at radius 2 is 1.76 bits per heavy atom. The van der Waals surface area contributed by atoms with Crippen LogP contribution in [0.25, 0.3) is 0 Å². The predicted molar refractivity (Wildman–Crippen MR) is 125 cm³/mol. The molecule has 33 heavy (non-hydrogen) atoms. The smallest absolute Gasteiger partial charge is 0.244 e. The number of amides is 2. The molecule has 0 spiro atoms. The van der Waals surface area contributed by atoms with Gasteiger partial charge in [0.25, 0.3) is 0 Å². The molecule has 8 nitrogen and oxygen atoms in total. The summed E-state index contributed by atoms with van der Waals surface area (Å²) in [5.74, 6) is -1.19. The van der Waals surface area contributed by atoms with Gasteiger partial charge >= 0.3 is 0 Å². The molecule has 0 fully saturated rings. The minimum Gasteiger partial charge on any atom is -0.497 e. The number of carbonyl (C=O) groups is 2. The third kappa shape index (κ3) is 7.18. The fourth-order valence-electron chi connectivity index (χ4n) is 3.18. The molecule has 0 aliphatic carbocycles. The summed E-state index contributed by atoms with van der Waals surface area (Å²) in [7, 11) is -2.42. The zero-order chi connectivity index (χ0) is 24.8. The van der Waals surface area contributed by atoms with Crippen LogP contribution in [0.4, 0.5) is 10.1 Å². The summed E-state index contributed by atoms with van der Waals surface area (Å²) in [4.78, 5) is 27.2. The highest BCUT2D eigenvalue weighted by molar-refractivity contribution is 7.92. The second-order valence-corrected chi connectivity index (χ2v) is 9.83. The Labute approximate surface area is 194 Å². The van der Waals surface area contributed by atoms with E-state index in [1.807, 2.05) is 0 Å². The summed E-state index contributed by atoms with van der Waals surface area (Å²) in [5, 5.41) is 2.73. The van der Waals surface area contributed by atoms with Crippen LogP contribution in [0.5, 0.6) is 5.75 Å². The summed E-state index contributed by atoms with van der Waals surface area (Å²) in [6.07, 6.45) is 0.982. The number of hydrogen-bond acceptors (Lipinski definition) is 5. The van der Waals surface area contributed by atoms with Gasteiger partial charge < -0.3 is 15.0 Å². The van der Waals surface area contributed by atoms with Crippen LogP contribution in [0.3, 0.4) is 0 Å². The summed E-state index contributed by atoms with van der Waals surface area (Å²) >= 11 is 0. The van der Waals surface area contributed by atoms with Gasteiger partial charge in [-0.15, -0.1) is 0 Å². The Bertz CT molecular complexity index is 1090. The van der Waals surface area contributed by atoms with E-state index in [1.54, 1.807) is 32.0 Å². The van der Waals surface area contributed by atoms with Crippen LogP contribution in [0, 0.1) is 5.82 Å². The number of carbonyl (C=O) groups excluding carboxylic acids is 2. The van der Waals surface area contributed by atoms with Gasteiger partial charge in [-0.25, -0.2) is 12.8 Å². The second-order valence-electron chi connectivity index (χ2n) is 7.92. The Morgan fingerprint density at radius 3 is 2.33 bits per heavy atom. The average Bonchev–Trinajstić information content (AvgIpc) is 2.75. The van der Waals surface area contributed by atoms with Crippen LogP contribution in [-0.2, 0) is 26.2 Å². The zero-order valence-electron chi connectivity index (χ0n) is 19.4. The zero-order valence-corrected chi connectivity index (χ0v) is 20.2. The van der Waals surface area contributed by atoms with E-state index in [0.29, 0.717) is 5.75 Å². The van der Waals surface area contributed by atoms with Crippen LogP contribution in [0.15, 0.2) is 48.5 Å². The van der Waals surface area contributed by atoms with Gasteiger partial charge in [0.05, 0.1) is 19.1 Å². The Morgan fingerprint density at radius 1 is 1.09 bits per heavy atom. The fraction of sp³-hybridized carbons (Fsp3) is 0.391. The first-order valence-corrected chi connectivity index (χ1v) is 12.2. The van der Waals surface area contributed by atoms with Crippen LogP contribution in [-0.4, -0.2) is 57.1 Å². The third-order valence-electron chi connectivity index (χ3n) is 4.92. The Hall–Kier alpha value is -3.14. The lowest BCUT2D eigenvalue weighted by Crippen LogP contribution is -2.52. The van der Waals surface area contributed by atoms with E-state index in [-0.39, 0.29) is 23.8 Å². The topological polar surface area (TPSA) is 96.0 Å². The molecule has 10 heteroatoms. The highest BCUT2D eigenvalue weighted by atomic mass is 32.2. The molecule has 2 rings (SSSR count). The molecule has 1 N–H and O–H groups in total. The van der Waals surface area contributed by atoms with Crippen molar-refractivity contribution in [1.82, 2.24) is 10.2 Å². The van der Waals surface area contributed by atoms with Crippen molar-refractivity contribution in [2.75, 3.05) is 24.2 Å². The number of benzene rings is 2. The number of rotatable bonds is 10. The van der Waals surface area contributed by atoms with E-state index >= 15 is 0 Å². The first-order chi connectivity index (χ1) is 15.4. The fourth-order valence-corrected chi connectivity index (χ4v) is 4.02. The highest BCUT2D eigenvalue weighted by Crippen LogP contribution is 2.24. The lowest BCUT2D eigenvalue weighted by atomic mass is 10.1. The monoisotopic (exact) mass is 479 g/mol. The van der Waals surface area contributed by atoms with Crippen molar-refractivity contribution >= 4 is 27.5 Å². The first kappa shape index (κ1) is 26.1. The molecule has 0 aliphatic heterocycles. The van der Waals surface area contributed by atoms with Crippen LogP contribution < -0.4 is 14.4 Å². The summed E-state index contributed by atoms with van der Waals surface area (Å²) in [6.45, 7) is 4.31. The van der Waals surface area contributed by atoms with Crippen molar-refractivity contribution in [1.29, 1.82) is 0 Å². The molecule has 0 saturated heterocycles. The van der Waals surface area contributed by atoms with Gasteiger partial charge in [0.15, 0.2) is 0 Å². The molecule has 0 saturated carbocycles. The largest absolute Gasteiger partial charge is 0.497 e. The molecule has 0 bridgehead atoms. The number of halogens is 1. The molecule has 2 aromatic carbocycles. The van der Waals surface area contributed by atoms with Crippen molar-refractivity contribution in [3.05, 3.63) is 59.9 Å². The van der Waals surface area contributed by atoms with E-state index in [2.05, 4.69) is 5.32 Å². The van der Waals surface area contributed by atoms with E-state index < -0.39 is 40.2 Å². The molecule has 2 aromatic rings. The molecular formula is C23H30FN3O5S. The molecular weight excluding hydrogens is 449 g/mol. The van der Waals surface area contributed by atoms with Gasteiger partial charge in [0.2, 0.25) is 21.8 Å². The quantitative estimate of drug-likeness (QED) is 0.565. The van der Waals surface area contributed by atoms with Gasteiger partial charge in [-0.2, -0.15) is 0 Å². The van der Waals surface area contributed by atoms with Gasteiger partial charge in [-0.3, -0.25) is 13.9 Å². The van der Waals surface area contributed by atoms with E-state index in [4.69, 9.17) is 4.74 Å². The maximum Gasteiger partial charge on any atom is 0.244 e. The summed E-state index contributed by atoms with van der Waals surface area (Å²) in [6, 6.07) is 11.1. The predicted octanol–water partition coefficient (Wildman–Crippen LogP) is 2.54. The van der Waals surface area contributed by atoms with Gasteiger partial charge in [-0.1, -0.05) is 24.3 Å². The Kier molecular flexibility index (Phi) is 8.81. The number of sulfonamides is 1. The second kappa shape index (κ2) is 11.1. The standard InChI is InChI=1S/C23H30FN3O5S/c1-16(2)25-23(29)17(3)26(14-18-9-6-7-12-21(18)24)22(28)15-27(33(5,30)31)19-10-8-11-20(13-19)32-4/h6-13,16-17H,14-15H2,1-5H3,(H,25,29). The van der Waals surface area contributed by atoms with Gasteiger partial charge in [0.1, 0.15) is 24.2 Å². The molecule has 1 unspecified atom stereocenters. The number of nitrogens with zero attached hydrogens (tertiary/aromatic N) is 2. The lowest BCUT2D eigenvalue weighted by molar-refractivity contribution is -0.139. The van der Waals surface area contributed by atoms with Crippen molar-refractivity contribution in [3.8, 4) is 5.75 Å². The van der Waals surface area contributed by atoms with Crippen LogP contribution >= 0.6 is 0 Å². The third-order valence-corrected chi connectivity index (χ3v) is 6.06. The van der Waals surface area contributed by atoms with E-state index in [9.17, 15) is 22.4 Å². The number of hydrogen-bond donors (Lipinski definition) is 1. The molecule has 2 amide bonds. The summed E-state index contributed by atoms with van der Waals surface area (Å²) in [5.41, 5.74) is 0.442. The number of anilines is 1.